The Labute approximate surface area is 248 Å². The summed E-state index contributed by atoms with van der Waals surface area (Å²) in [4.78, 5) is 14.5. The highest BCUT2D eigenvalue weighted by Crippen LogP contribution is 2.37. The second-order valence-electron chi connectivity index (χ2n) is 10.9. The molecule has 14 heteroatoms. The normalized spacial score (nSPS) is 17.0. The molecule has 2 N–H and O–H groups in total. The number of alkyl halides is 3. The Morgan fingerprint density at radius 1 is 1.09 bits per heavy atom. The molecule has 0 radical (unpaired) electrons. The number of ether oxygens (including phenoxy) is 1. The number of hydrogen-bond acceptors (Lipinski definition) is 7. The SMILES string of the molecule is CS(=O)(=O)N1CCc2c(c(-c3ccc(C(F)(F)F)c(CNC(=O)Oc4ccccc4)c3)nn2CC(O)CN2CCCC2)C1. The zero-order valence-electron chi connectivity index (χ0n) is 23.7. The number of nitrogens with zero attached hydrogens (tertiary/aromatic N) is 4. The lowest BCUT2D eigenvalue weighted by molar-refractivity contribution is -0.138. The third-order valence-electron chi connectivity index (χ3n) is 7.68. The molecule has 2 aliphatic rings. The lowest BCUT2D eigenvalue weighted by Gasteiger charge is -2.26. The topological polar surface area (TPSA) is 117 Å². The number of halogens is 3. The maximum absolute atomic E-state index is 14.0. The van der Waals surface area contributed by atoms with Crippen LogP contribution in [-0.4, -0.2) is 77.1 Å². The van der Waals surface area contributed by atoms with Crippen molar-refractivity contribution in [2.75, 3.05) is 32.4 Å². The van der Waals surface area contributed by atoms with E-state index in [9.17, 15) is 31.5 Å². The van der Waals surface area contributed by atoms with Gasteiger partial charge in [0.2, 0.25) is 10.0 Å². The van der Waals surface area contributed by atoms with Crippen molar-refractivity contribution in [1.82, 2.24) is 24.3 Å². The Hall–Kier alpha value is -3.46. The molecular weight excluding hydrogens is 587 g/mol. The highest BCUT2D eigenvalue weighted by molar-refractivity contribution is 7.88. The van der Waals surface area contributed by atoms with E-state index in [1.165, 1.54) is 16.4 Å². The molecule has 1 aromatic heterocycles. The number of carbonyl (C=O) groups is 1. The van der Waals surface area contributed by atoms with Crippen LogP contribution in [0.2, 0.25) is 0 Å². The fraction of sp³-hybridized carbons (Fsp3) is 0.448. The van der Waals surface area contributed by atoms with Crippen molar-refractivity contribution >= 4 is 16.1 Å². The van der Waals surface area contributed by atoms with E-state index in [0.717, 1.165) is 43.9 Å². The number of aromatic nitrogens is 2. The fourth-order valence-corrected chi connectivity index (χ4v) is 6.40. The molecule has 0 spiro atoms. The summed E-state index contributed by atoms with van der Waals surface area (Å²) in [6.07, 6.45) is -2.74. The van der Waals surface area contributed by atoms with E-state index in [0.29, 0.717) is 29.8 Å². The second-order valence-corrected chi connectivity index (χ2v) is 12.9. The van der Waals surface area contributed by atoms with Crippen LogP contribution in [0.25, 0.3) is 11.3 Å². The number of β-amino-alcohol motifs (C(OH)–C–C–N with tert-alkyl or cyclic N) is 1. The van der Waals surface area contributed by atoms with Crippen molar-refractivity contribution in [3.8, 4) is 17.0 Å². The lowest BCUT2D eigenvalue weighted by atomic mass is 9.97. The Morgan fingerprint density at radius 2 is 1.81 bits per heavy atom. The molecule has 3 aromatic rings. The smallest absolute Gasteiger partial charge is 0.410 e. The summed E-state index contributed by atoms with van der Waals surface area (Å²) in [6.45, 7) is 2.21. The van der Waals surface area contributed by atoms with E-state index < -0.39 is 40.5 Å². The number of likely N-dealkylation sites (tertiary alicyclic amines) is 1. The monoisotopic (exact) mass is 621 g/mol. The minimum atomic E-state index is -4.69. The van der Waals surface area contributed by atoms with Gasteiger partial charge in [0, 0.05) is 49.4 Å². The standard InChI is InChI=1S/C29H34F3N5O5S/c1-43(40,41)36-14-11-26-24(19-36)27(34-37(26)18-22(38)17-35-12-5-6-13-35)20-9-10-25(29(30,31)32)21(15-20)16-33-28(39)42-23-7-3-2-4-8-23/h2-4,7-10,15,22,38H,5-6,11-14,16-19H2,1H3,(H,33,39). The minimum Gasteiger partial charge on any atom is -0.410 e. The number of carbonyl (C=O) groups excluding carboxylic acids is 1. The molecule has 43 heavy (non-hydrogen) atoms. The zero-order chi connectivity index (χ0) is 30.8. The van der Waals surface area contributed by atoms with Gasteiger partial charge in [-0.2, -0.15) is 22.6 Å². The van der Waals surface area contributed by atoms with Gasteiger partial charge in [-0.15, -0.1) is 0 Å². The van der Waals surface area contributed by atoms with Gasteiger partial charge in [-0.05, 0) is 55.8 Å². The van der Waals surface area contributed by atoms with Crippen LogP contribution in [0.4, 0.5) is 18.0 Å². The Morgan fingerprint density at radius 3 is 2.49 bits per heavy atom. The fourth-order valence-electron chi connectivity index (χ4n) is 5.62. The number of hydrogen-bond donors (Lipinski definition) is 2. The highest BCUT2D eigenvalue weighted by atomic mass is 32.2. The third kappa shape index (κ3) is 7.55. The molecule has 232 valence electrons. The number of nitrogens with one attached hydrogen (secondary N) is 1. The zero-order valence-corrected chi connectivity index (χ0v) is 24.5. The van der Waals surface area contributed by atoms with E-state index in [2.05, 4.69) is 10.2 Å². The predicted molar refractivity (Wildman–Crippen MR) is 153 cm³/mol. The first-order valence-corrected chi connectivity index (χ1v) is 15.9. The molecular formula is C29H34F3N5O5S. The average molecular weight is 622 g/mol. The summed E-state index contributed by atoms with van der Waals surface area (Å²) in [6, 6.07) is 11.7. The van der Waals surface area contributed by atoms with Crippen molar-refractivity contribution in [2.24, 2.45) is 0 Å². The first kappa shape index (κ1) is 31.0. The van der Waals surface area contributed by atoms with Crippen LogP contribution < -0.4 is 10.1 Å². The van der Waals surface area contributed by atoms with Crippen molar-refractivity contribution in [3.63, 3.8) is 0 Å². The summed E-state index contributed by atoms with van der Waals surface area (Å²) < 4.78 is 74.7. The van der Waals surface area contributed by atoms with Crippen LogP contribution in [0, 0.1) is 0 Å². The molecule has 3 heterocycles. The third-order valence-corrected chi connectivity index (χ3v) is 8.93. The maximum Gasteiger partial charge on any atom is 0.416 e. The first-order valence-electron chi connectivity index (χ1n) is 14.0. The van der Waals surface area contributed by atoms with Gasteiger partial charge < -0.3 is 20.1 Å². The highest BCUT2D eigenvalue weighted by Gasteiger charge is 2.35. The molecule has 10 nitrogen and oxygen atoms in total. The Balaban J connectivity index is 1.46. The number of sulfonamides is 1. The molecule has 2 aromatic carbocycles. The predicted octanol–water partition coefficient (Wildman–Crippen LogP) is 3.63. The molecule has 1 unspecified atom stereocenters. The summed E-state index contributed by atoms with van der Waals surface area (Å²) in [5.74, 6) is 0.240. The van der Waals surface area contributed by atoms with Gasteiger partial charge >= 0.3 is 12.3 Å². The second kappa shape index (κ2) is 12.6. The first-order chi connectivity index (χ1) is 20.4. The van der Waals surface area contributed by atoms with Crippen molar-refractivity contribution in [3.05, 3.63) is 70.9 Å². The van der Waals surface area contributed by atoms with Crippen LogP contribution in [-0.2, 0) is 42.3 Å². The van der Waals surface area contributed by atoms with Crippen LogP contribution in [0.15, 0.2) is 48.5 Å². The maximum atomic E-state index is 14.0. The lowest BCUT2D eigenvalue weighted by Crippen LogP contribution is -2.37. The number of para-hydroxylation sites is 1. The molecule has 0 saturated carbocycles. The summed E-state index contributed by atoms with van der Waals surface area (Å²) in [5, 5.41) is 17.9. The molecule has 1 atom stereocenters. The number of fused-ring (bicyclic) bond motifs is 1. The summed E-state index contributed by atoms with van der Waals surface area (Å²) in [5.41, 5.74) is 0.847. The molecule has 5 rings (SSSR count). The van der Waals surface area contributed by atoms with Crippen molar-refractivity contribution < 1.29 is 36.2 Å². The van der Waals surface area contributed by atoms with Gasteiger partial charge in [0.05, 0.1) is 30.2 Å². The van der Waals surface area contributed by atoms with E-state index in [1.807, 2.05) is 0 Å². The number of rotatable bonds is 9. The van der Waals surface area contributed by atoms with E-state index in [1.54, 1.807) is 35.0 Å². The summed E-state index contributed by atoms with van der Waals surface area (Å²) >= 11 is 0. The quantitative estimate of drug-likeness (QED) is 0.375. The van der Waals surface area contributed by atoms with E-state index in [-0.39, 0.29) is 30.9 Å². The van der Waals surface area contributed by atoms with Gasteiger partial charge in [-0.1, -0.05) is 24.3 Å². The van der Waals surface area contributed by atoms with Gasteiger partial charge in [0.15, 0.2) is 0 Å². The van der Waals surface area contributed by atoms with E-state index in [4.69, 9.17) is 9.84 Å². The Kier molecular flexibility index (Phi) is 9.11. The summed E-state index contributed by atoms with van der Waals surface area (Å²) in [7, 11) is -3.55. The number of aliphatic hydroxyl groups is 1. The van der Waals surface area contributed by atoms with Crippen LogP contribution in [0.5, 0.6) is 5.75 Å². The van der Waals surface area contributed by atoms with Crippen LogP contribution in [0.1, 0.15) is 35.2 Å². The molecule has 0 bridgehead atoms. The van der Waals surface area contributed by atoms with Gasteiger partial charge in [-0.25, -0.2) is 13.2 Å². The van der Waals surface area contributed by atoms with Crippen LogP contribution >= 0.6 is 0 Å². The Bertz CT molecular complexity index is 1560. The average Bonchev–Trinajstić information content (AvgIpc) is 3.59. The molecule has 1 fully saturated rings. The number of benzene rings is 2. The van der Waals surface area contributed by atoms with Gasteiger partial charge in [0.25, 0.3) is 0 Å². The van der Waals surface area contributed by atoms with Crippen LogP contribution in [0.3, 0.4) is 0 Å². The molecule has 1 saturated heterocycles. The van der Waals surface area contributed by atoms with Crippen molar-refractivity contribution in [2.45, 2.75) is 51.2 Å². The number of aliphatic hydroxyl groups excluding tert-OH is 1. The molecule has 2 aliphatic heterocycles. The van der Waals surface area contributed by atoms with Crippen molar-refractivity contribution in [1.29, 1.82) is 0 Å². The van der Waals surface area contributed by atoms with Gasteiger partial charge in [-0.3, -0.25) is 4.68 Å². The van der Waals surface area contributed by atoms with Gasteiger partial charge in [0.1, 0.15) is 5.75 Å². The number of amides is 1. The largest absolute Gasteiger partial charge is 0.416 e. The van der Waals surface area contributed by atoms with E-state index >= 15 is 0 Å². The molecule has 0 aliphatic carbocycles. The minimum absolute atomic E-state index is 0.00370. The molecule has 1 amide bonds.